The molecule has 0 saturated carbocycles. The van der Waals surface area contributed by atoms with E-state index in [9.17, 15) is 4.79 Å². The van der Waals surface area contributed by atoms with E-state index in [0.717, 1.165) is 0 Å². The number of nitrogens with one attached hydrogen (secondary N) is 2. The monoisotopic (exact) mass is 258 g/mol. The lowest BCUT2D eigenvalue weighted by Gasteiger charge is -2.19. The van der Waals surface area contributed by atoms with Crippen LogP contribution >= 0.6 is 0 Å². The molecule has 0 atom stereocenters. The molecule has 0 fully saturated rings. The molecule has 1 aromatic rings. The molecule has 0 radical (unpaired) electrons. The van der Waals surface area contributed by atoms with Gasteiger partial charge in [-0.25, -0.2) is 4.79 Å². The highest BCUT2D eigenvalue weighted by atomic mass is 16.2. The van der Waals surface area contributed by atoms with Gasteiger partial charge in [0.15, 0.2) is 0 Å². The average Bonchev–Trinajstić information content (AvgIpc) is 3.13. The van der Waals surface area contributed by atoms with Crippen molar-refractivity contribution in [3.63, 3.8) is 0 Å². The molecule has 1 aromatic carbocycles. The highest BCUT2D eigenvalue weighted by Gasteiger charge is 2.20. The lowest BCUT2D eigenvalue weighted by Crippen LogP contribution is -2.38. The molecule has 2 amide bonds. The Balaban J connectivity index is 0.000000163. The third-order valence-electron chi connectivity index (χ3n) is 2.70. The van der Waals surface area contributed by atoms with Gasteiger partial charge in [-0.15, -0.1) is 0 Å². The zero-order valence-corrected chi connectivity index (χ0v) is 10.9. The smallest absolute Gasteiger partial charge is 0.331 e. The summed E-state index contributed by atoms with van der Waals surface area (Å²) >= 11 is 0. The Morgan fingerprint density at radius 2 is 1.53 bits per heavy atom. The van der Waals surface area contributed by atoms with Gasteiger partial charge in [0.25, 0.3) is 0 Å². The molecule has 0 bridgehead atoms. The van der Waals surface area contributed by atoms with Gasteiger partial charge in [-0.1, -0.05) is 35.9 Å². The summed E-state index contributed by atoms with van der Waals surface area (Å²) in [6, 6.07) is 10.2. The number of benzene rings is 1. The molecule has 2 aliphatic rings. The van der Waals surface area contributed by atoms with Crippen LogP contribution in [-0.4, -0.2) is 29.2 Å². The molecular weight excluding hydrogens is 240 g/mol. The highest BCUT2D eigenvalue weighted by Crippen LogP contribution is 2.04. The van der Waals surface area contributed by atoms with E-state index in [0.29, 0.717) is 13.3 Å². The maximum atomic E-state index is 11.5. The van der Waals surface area contributed by atoms with Crippen LogP contribution in [0.25, 0.3) is 0 Å². The third-order valence-corrected chi connectivity index (χ3v) is 2.70. The minimum absolute atomic E-state index is 0.0162. The van der Waals surface area contributed by atoms with Crippen molar-refractivity contribution in [2.75, 3.05) is 13.3 Å². The second kappa shape index (κ2) is 6.49. The molecule has 0 spiro atoms. The fourth-order valence-electron chi connectivity index (χ4n) is 1.66. The van der Waals surface area contributed by atoms with Gasteiger partial charge in [-0.05, 0) is 6.92 Å². The molecule has 2 N–H and O–H groups in total. The molecule has 5 nitrogen and oxygen atoms in total. The van der Waals surface area contributed by atoms with Crippen LogP contribution in [0.15, 0.2) is 55.1 Å². The molecule has 0 aromatic heterocycles. The normalized spacial score (nSPS) is 15.6. The van der Waals surface area contributed by atoms with E-state index in [2.05, 4.69) is 29.7 Å². The van der Waals surface area contributed by atoms with E-state index < -0.39 is 0 Å². The molecule has 3 rings (SSSR count). The van der Waals surface area contributed by atoms with Gasteiger partial charge in [0.1, 0.15) is 0 Å². The van der Waals surface area contributed by atoms with Crippen molar-refractivity contribution in [1.29, 1.82) is 0 Å². The molecule has 0 aliphatic carbocycles. The minimum Gasteiger partial charge on any atom is -0.372 e. The Kier molecular flexibility index (Phi) is 4.44. The first-order chi connectivity index (χ1) is 9.27. The highest BCUT2D eigenvalue weighted by molar-refractivity contribution is 5.77. The van der Waals surface area contributed by atoms with Crippen LogP contribution in [0.2, 0.25) is 0 Å². The number of carbonyl (C=O) groups excluding carboxylic acids is 1. The molecule has 19 heavy (non-hydrogen) atoms. The van der Waals surface area contributed by atoms with Gasteiger partial charge >= 0.3 is 6.03 Å². The van der Waals surface area contributed by atoms with E-state index in [-0.39, 0.29) is 6.03 Å². The van der Waals surface area contributed by atoms with Crippen LogP contribution in [0.1, 0.15) is 5.56 Å². The summed E-state index contributed by atoms with van der Waals surface area (Å²) in [5.41, 5.74) is 1.32. The third kappa shape index (κ3) is 3.77. The van der Waals surface area contributed by atoms with Crippen molar-refractivity contribution in [2.45, 2.75) is 6.92 Å². The van der Waals surface area contributed by atoms with E-state index in [4.69, 9.17) is 0 Å². The summed E-state index contributed by atoms with van der Waals surface area (Å²) in [5, 5.41) is 5.86. The maximum absolute atomic E-state index is 11.5. The molecule has 2 aliphatic heterocycles. The first-order valence-corrected chi connectivity index (χ1v) is 6.16. The van der Waals surface area contributed by atoms with E-state index in [1.807, 2.05) is 18.2 Å². The van der Waals surface area contributed by atoms with E-state index in [1.54, 1.807) is 34.6 Å². The number of rotatable bonds is 0. The number of carbonyl (C=O) groups is 1. The standard InChI is InChI=1S/C7H10N4O.C7H8/c12-7(10-3-1-8-5-10)11-4-2-9-6-11;1-7-5-3-2-4-6-7/h1-4,8-9H,5-6H2;2-6H,1H3. The van der Waals surface area contributed by atoms with Crippen LogP contribution < -0.4 is 10.6 Å². The van der Waals surface area contributed by atoms with Gasteiger partial charge in [-0.2, -0.15) is 0 Å². The van der Waals surface area contributed by atoms with Gasteiger partial charge in [-0.3, -0.25) is 9.80 Å². The fraction of sp³-hybridized carbons (Fsp3) is 0.214. The summed E-state index contributed by atoms with van der Waals surface area (Å²) in [6.45, 7) is 3.20. The van der Waals surface area contributed by atoms with Gasteiger partial charge < -0.3 is 10.6 Å². The fourth-order valence-corrected chi connectivity index (χ4v) is 1.66. The predicted molar refractivity (Wildman–Crippen MR) is 74.5 cm³/mol. The molecule has 100 valence electrons. The Morgan fingerprint density at radius 3 is 1.84 bits per heavy atom. The van der Waals surface area contributed by atoms with Gasteiger partial charge in [0, 0.05) is 24.8 Å². The van der Waals surface area contributed by atoms with Crippen LogP contribution in [0.4, 0.5) is 4.79 Å². The summed E-state index contributed by atoms with van der Waals surface area (Å²) in [4.78, 5) is 14.7. The zero-order chi connectivity index (χ0) is 13.5. The SMILES string of the molecule is Cc1ccccc1.O=C(N1C=CNC1)N1C=CNC1. The van der Waals surface area contributed by atoms with Crippen molar-refractivity contribution in [1.82, 2.24) is 20.4 Å². The first kappa shape index (κ1) is 13.0. The number of urea groups is 1. The van der Waals surface area contributed by atoms with Crippen LogP contribution in [0.3, 0.4) is 0 Å². The van der Waals surface area contributed by atoms with Crippen LogP contribution in [0, 0.1) is 6.92 Å². The quantitative estimate of drug-likeness (QED) is 0.745. The van der Waals surface area contributed by atoms with Crippen molar-refractivity contribution < 1.29 is 4.79 Å². The van der Waals surface area contributed by atoms with Crippen LogP contribution in [0.5, 0.6) is 0 Å². The molecule has 0 unspecified atom stereocenters. The van der Waals surface area contributed by atoms with Gasteiger partial charge in [0.2, 0.25) is 0 Å². The van der Waals surface area contributed by atoms with Crippen molar-refractivity contribution >= 4 is 6.03 Å². The summed E-state index contributed by atoms with van der Waals surface area (Å²) in [6.07, 6.45) is 6.97. The Hall–Kier alpha value is -2.43. The lowest BCUT2D eigenvalue weighted by atomic mass is 10.2. The zero-order valence-electron chi connectivity index (χ0n) is 10.9. The second-order valence-electron chi connectivity index (χ2n) is 4.23. The predicted octanol–water partition coefficient (Wildman–Crippen LogP) is 1.77. The lowest BCUT2D eigenvalue weighted by molar-refractivity contribution is 0.190. The minimum atomic E-state index is -0.0162. The van der Waals surface area contributed by atoms with Crippen molar-refractivity contribution in [3.05, 3.63) is 60.7 Å². The molecular formula is C14H18N4O. The van der Waals surface area contributed by atoms with E-state index >= 15 is 0 Å². The topological polar surface area (TPSA) is 47.6 Å². The number of amides is 2. The summed E-state index contributed by atoms with van der Waals surface area (Å²) in [5.74, 6) is 0. The molecule has 5 heteroatoms. The Morgan fingerprint density at radius 1 is 1.00 bits per heavy atom. The average molecular weight is 258 g/mol. The molecule has 0 saturated heterocycles. The van der Waals surface area contributed by atoms with Crippen LogP contribution in [-0.2, 0) is 0 Å². The Labute approximate surface area is 113 Å². The number of nitrogens with zero attached hydrogens (tertiary/aromatic N) is 2. The molecule has 2 heterocycles. The second-order valence-corrected chi connectivity index (χ2v) is 4.23. The van der Waals surface area contributed by atoms with Gasteiger partial charge in [0.05, 0.1) is 13.3 Å². The van der Waals surface area contributed by atoms with E-state index in [1.165, 1.54) is 5.56 Å². The first-order valence-electron chi connectivity index (χ1n) is 6.16. The summed E-state index contributed by atoms with van der Waals surface area (Å²) in [7, 11) is 0. The number of hydrogen-bond donors (Lipinski definition) is 2. The van der Waals surface area contributed by atoms with Crippen molar-refractivity contribution in [2.24, 2.45) is 0 Å². The summed E-state index contributed by atoms with van der Waals surface area (Å²) < 4.78 is 0. The largest absolute Gasteiger partial charge is 0.372 e. The van der Waals surface area contributed by atoms with Crippen molar-refractivity contribution in [3.8, 4) is 0 Å². The maximum Gasteiger partial charge on any atom is 0.331 e. The Bertz CT molecular complexity index is 446. The number of hydrogen-bond acceptors (Lipinski definition) is 3. The number of aryl methyl sites for hydroxylation is 1.